The van der Waals surface area contributed by atoms with E-state index in [-0.39, 0.29) is 12.5 Å². The zero-order valence-corrected chi connectivity index (χ0v) is 10.4. The molecule has 5 heteroatoms. The first-order chi connectivity index (χ1) is 7.58. The molecule has 0 amide bonds. The van der Waals surface area contributed by atoms with Crippen LogP contribution in [0.25, 0.3) is 0 Å². The molecule has 5 nitrogen and oxygen atoms in total. The van der Waals surface area contributed by atoms with Gasteiger partial charge in [-0.3, -0.25) is 9.59 Å². The smallest absolute Gasteiger partial charge is 0.323 e. The molecule has 16 heavy (non-hydrogen) atoms. The van der Waals surface area contributed by atoms with Crippen LogP contribution >= 0.6 is 0 Å². The topological polar surface area (TPSA) is 64.6 Å². The lowest BCUT2D eigenvalue weighted by Gasteiger charge is -2.21. The number of carbonyl (C=O) groups excluding carboxylic acids is 2. The second kappa shape index (κ2) is 8.10. The monoisotopic (exact) mass is 231 g/mol. The quantitative estimate of drug-likeness (QED) is 0.659. The summed E-state index contributed by atoms with van der Waals surface area (Å²) in [5.41, 5.74) is 0. The SMILES string of the molecule is CCC(CC)NC(CC(=O)OC)C(=O)OC. The van der Waals surface area contributed by atoms with Gasteiger partial charge in [-0.2, -0.15) is 0 Å². The number of methoxy groups -OCH3 is 2. The molecule has 0 spiro atoms. The van der Waals surface area contributed by atoms with Crippen molar-refractivity contribution in [2.75, 3.05) is 14.2 Å². The summed E-state index contributed by atoms with van der Waals surface area (Å²) in [6.07, 6.45) is 1.79. The van der Waals surface area contributed by atoms with Crippen LogP contribution in [0, 0.1) is 0 Å². The Balaban J connectivity index is 4.42. The van der Waals surface area contributed by atoms with Gasteiger partial charge >= 0.3 is 11.9 Å². The van der Waals surface area contributed by atoms with Crippen LogP contribution in [-0.4, -0.2) is 38.2 Å². The lowest BCUT2D eigenvalue weighted by atomic mass is 10.1. The molecule has 0 fully saturated rings. The van der Waals surface area contributed by atoms with Crippen LogP contribution in [-0.2, 0) is 19.1 Å². The minimum Gasteiger partial charge on any atom is -0.469 e. The second-order valence-corrected chi connectivity index (χ2v) is 3.54. The molecule has 1 atom stereocenters. The summed E-state index contributed by atoms with van der Waals surface area (Å²) in [6.45, 7) is 4.04. The summed E-state index contributed by atoms with van der Waals surface area (Å²) in [7, 11) is 2.61. The average molecular weight is 231 g/mol. The molecule has 0 heterocycles. The van der Waals surface area contributed by atoms with Gasteiger partial charge in [0.05, 0.1) is 20.6 Å². The lowest BCUT2D eigenvalue weighted by molar-refractivity contribution is -0.149. The van der Waals surface area contributed by atoms with Gasteiger partial charge in [-0.15, -0.1) is 0 Å². The number of hydrogen-bond acceptors (Lipinski definition) is 5. The van der Waals surface area contributed by atoms with Crippen molar-refractivity contribution in [3.05, 3.63) is 0 Å². The number of esters is 2. The Bertz CT molecular complexity index is 226. The second-order valence-electron chi connectivity index (χ2n) is 3.54. The molecule has 0 radical (unpaired) electrons. The van der Waals surface area contributed by atoms with Crippen molar-refractivity contribution in [2.24, 2.45) is 0 Å². The summed E-state index contributed by atoms with van der Waals surface area (Å²) in [4.78, 5) is 22.6. The van der Waals surface area contributed by atoms with E-state index in [1.165, 1.54) is 14.2 Å². The van der Waals surface area contributed by atoms with E-state index in [0.29, 0.717) is 0 Å². The van der Waals surface area contributed by atoms with Crippen molar-refractivity contribution in [3.8, 4) is 0 Å². The fourth-order valence-electron chi connectivity index (χ4n) is 1.41. The summed E-state index contributed by atoms with van der Waals surface area (Å²) in [5, 5.41) is 3.09. The molecule has 0 aliphatic heterocycles. The molecular formula is C11H21NO4. The molecular weight excluding hydrogens is 210 g/mol. The number of nitrogens with one attached hydrogen (secondary N) is 1. The Labute approximate surface area is 96.5 Å². The Hall–Kier alpha value is -1.10. The van der Waals surface area contributed by atoms with E-state index in [1.54, 1.807) is 0 Å². The lowest BCUT2D eigenvalue weighted by Crippen LogP contribution is -2.44. The van der Waals surface area contributed by atoms with Crippen LogP contribution in [0.15, 0.2) is 0 Å². The Morgan fingerprint density at radius 1 is 1.12 bits per heavy atom. The number of hydrogen-bond donors (Lipinski definition) is 1. The first-order valence-electron chi connectivity index (χ1n) is 5.49. The van der Waals surface area contributed by atoms with Crippen LogP contribution in [0.3, 0.4) is 0 Å². The van der Waals surface area contributed by atoms with Crippen molar-refractivity contribution < 1.29 is 19.1 Å². The molecule has 1 unspecified atom stereocenters. The predicted octanol–water partition coefficient (Wildman–Crippen LogP) is 0.869. The maximum absolute atomic E-state index is 11.4. The molecule has 1 N–H and O–H groups in total. The molecule has 0 bridgehead atoms. The third-order valence-electron chi connectivity index (χ3n) is 2.51. The molecule has 0 aromatic heterocycles. The largest absolute Gasteiger partial charge is 0.469 e. The van der Waals surface area contributed by atoms with E-state index < -0.39 is 18.0 Å². The van der Waals surface area contributed by atoms with Crippen molar-refractivity contribution in [1.82, 2.24) is 5.32 Å². The van der Waals surface area contributed by atoms with Crippen molar-refractivity contribution in [1.29, 1.82) is 0 Å². The van der Waals surface area contributed by atoms with Gasteiger partial charge in [0.25, 0.3) is 0 Å². The molecule has 0 saturated heterocycles. The van der Waals surface area contributed by atoms with Gasteiger partial charge in [0.1, 0.15) is 6.04 Å². The molecule has 0 aliphatic rings. The first-order valence-corrected chi connectivity index (χ1v) is 5.49. The summed E-state index contributed by atoms with van der Waals surface area (Å²) in [5.74, 6) is -0.855. The van der Waals surface area contributed by atoms with E-state index in [1.807, 2.05) is 13.8 Å². The minimum atomic E-state index is -0.623. The number of ether oxygens (including phenoxy) is 2. The molecule has 0 aliphatic carbocycles. The van der Waals surface area contributed by atoms with Crippen LogP contribution in [0.5, 0.6) is 0 Å². The van der Waals surface area contributed by atoms with Gasteiger partial charge in [-0.1, -0.05) is 13.8 Å². The maximum Gasteiger partial charge on any atom is 0.323 e. The van der Waals surface area contributed by atoms with Crippen molar-refractivity contribution in [2.45, 2.75) is 45.2 Å². The number of carbonyl (C=O) groups is 2. The third kappa shape index (κ3) is 5.11. The third-order valence-corrected chi connectivity index (χ3v) is 2.51. The van der Waals surface area contributed by atoms with Crippen molar-refractivity contribution in [3.63, 3.8) is 0 Å². The summed E-state index contributed by atoms with van der Waals surface area (Å²) >= 11 is 0. The highest BCUT2D eigenvalue weighted by atomic mass is 16.5. The predicted molar refractivity (Wildman–Crippen MR) is 59.9 cm³/mol. The standard InChI is InChI=1S/C11H21NO4/c1-5-8(6-2)12-9(11(14)16-4)7-10(13)15-3/h8-9,12H,5-7H2,1-4H3. The maximum atomic E-state index is 11.4. The summed E-state index contributed by atoms with van der Waals surface area (Å²) in [6, 6.07) is -0.420. The van der Waals surface area contributed by atoms with Crippen LogP contribution < -0.4 is 5.32 Å². The van der Waals surface area contributed by atoms with Crippen LogP contribution in [0.2, 0.25) is 0 Å². The van der Waals surface area contributed by atoms with Gasteiger partial charge in [-0.05, 0) is 12.8 Å². The first kappa shape index (κ1) is 14.9. The highest BCUT2D eigenvalue weighted by molar-refractivity contribution is 5.82. The van der Waals surface area contributed by atoms with E-state index in [9.17, 15) is 9.59 Å². The van der Waals surface area contributed by atoms with Crippen LogP contribution in [0.4, 0.5) is 0 Å². The molecule has 0 rings (SSSR count). The van der Waals surface area contributed by atoms with Crippen LogP contribution in [0.1, 0.15) is 33.1 Å². The fraction of sp³-hybridized carbons (Fsp3) is 0.818. The van der Waals surface area contributed by atoms with E-state index >= 15 is 0 Å². The zero-order chi connectivity index (χ0) is 12.6. The normalized spacial score (nSPS) is 12.3. The molecule has 94 valence electrons. The fourth-order valence-corrected chi connectivity index (χ4v) is 1.41. The Morgan fingerprint density at radius 2 is 1.69 bits per heavy atom. The Kier molecular flexibility index (Phi) is 7.54. The highest BCUT2D eigenvalue weighted by Crippen LogP contribution is 2.03. The van der Waals surface area contributed by atoms with Gasteiger partial charge in [0.2, 0.25) is 0 Å². The van der Waals surface area contributed by atoms with Gasteiger partial charge in [0, 0.05) is 6.04 Å². The van der Waals surface area contributed by atoms with Gasteiger partial charge in [0.15, 0.2) is 0 Å². The molecule has 0 aromatic carbocycles. The van der Waals surface area contributed by atoms with E-state index in [4.69, 9.17) is 0 Å². The highest BCUT2D eigenvalue weighted by Gasteiger charge is 2.24. The van der Waals surface area contributed by atoms with E-state index in [2.05, 4.69) is 14.8 Å². The van der Waals surface area contributed by atoms with Gasteiger partial charge < -0.3 is 14.8 Å². The van der Waals surface area contributed by atoms with Crippen molar-refractivity contribution >= 4 is 11.9 Å². The van der Waals surface area contributed by atoms with Gasteiger partial charge in [-0.25, -0.2) is 0 Å². The average Bonchev–Trinajstić information content (AvgIpc) is 2.32. The Morgan fingerprint density at radius 3 is 2.06 bits per heavy atom. The van der Waals surface area contributed by atoms with E-state index in [0.717, 1.165) is 12.8 Å². The number of rotatable bonds is 7. The molecule has 0 saturated carbocycles. The minimum absolute atomic E-state index is 0.000324. The zero-order valence-electron chi connectivity index (χ0n) is 10.4. The summed E-state index contributed by atoms with van der Waals surface area (Å²) < 4.78 is 9.18. The molecule has 0 aromatic rings.